The first kappa shape index (κ1) is 9.75. The summed E-state index contributed by atoms with van der Waals surface area (Å²) in [6.45, 7) is 1.49. The quantitative estimate of drug-likeness (QED) is 0.644. The number of nitrogens with zero attached hydrogens (tertiary/aromatic N) is 3. The van der Waals surface area contributed by atoms with E-state index in [-0.39, 0.29) is 5.56 Å². The molecule has 0 bridgehead atoms. The molecule has 0 aliphatic carbocycles. The number of H-pyrrole nitrogens is 1. The van der Waals surface area contributed by atoms with Gasteiger partial charge in [-0.25, -0.2) is 4.79 Å². The van der Waals surface area contributed by atoms with Crippen molar-refractivity contribution in [3.63, 3.8) is 0 Å². The highest BCUT2D eigenvalue weighted by atomic mass is 16.2. The van der Waals surface area contributed by atoms with Crippen LogP contribution in [-0.4, -0.2) is 9.55 Å². The zero-order valence-corrected chi connectivity index (χ0v) is 7.31. The van der Waals surface area contributed by atoms with E-state index in [4.69, 9.17) is 10.5 Å². The zero-order chi connectivity index (χ0) is 10.7. The second kappa shape index (κ2) is 3.58. The summed E-state index contributed by atoms with van der Waals surface area (Å²) in [7, 11) is 0. The fourth-order valence-electron chi connectivity index (χ4n) is 0.915. The first-order chi connectivity index (χ1) is 6.60. The first-order valence-corrected chi connectivity index (χ1v) is 3.75. The molecule has 14 heavy (non-hydrogen) atoms. The molecule has 1 N–H and O–H groups in total. The normalized spacial score (nSPS) is 11.4. The average Bonchev–Trinajstić information content (AvgIpc) is 2.17. The minimum Gasteiger partial charge on any atom is -0.283 e. The van der Waals surface area contributed by atoms with Gasteiger partial charge >= 0.3 is 5.69 Å². The third-order valence-corrected chi connectivity index (χ3v) is 1.69. The van der Waals surface area contributed by atoms with E-state index in [2.05, 4.69) is 0 Å². The van der Waals surface area contributed by atoms with Gasteiger partial charge in [-0.3, -0.25) is 14.3 Å². The Labute approximate surface area is 78.6 Å². The Bertz CT molecular complexity index is 540. The summed E-state index contributed by atoms with van der Waals surface area (Å²) >= 11 is 0. The number of nitrogens with one attached hydrogen (secondary N) is 1. The molecule has 1 heterocycles. The van der Waals surface area contributed by atoms with E-state index in [9.17, 15) is 9.59 Å². The van der Waals surface area contributed by atoms with Crippen molar-refractivity contribution in [3.05, 3.63) is 32.6 Å². The van der Waals surface area contributed by atoms with Crippen LogP contribution >= 0.6 is 0 Å². The number of hydrogen-bond donors (Lipinski definition) is 1. The molecule has 0 spiro atoms. The molecule has 1 unspecified atom stereocenters. The van der Waals surface area contributed by atoms with Gasteiger partial charge in [0.1, 0.15) is 17.7 Å². The zero-order valence-electron chi connectivity index (χ0n) is 7.31. The molecule has 0 saturated heterocycles. The van der Waals surface area contributed by atoms with Gasteiger partial charge in [0.2, 0.25) is 0 Å². The van der Waals surface area contributed by atoms with Gasteiger partial charge in [0.25, 0.3) is 5.56 Å². The van der Waals surface area contributed by atoms with E-state index in [1.165, 1.54) is 6.92 Å². The van der Waals surface area contributed by atoms with Crippen molar-refractivity contribution in [2.75, 3.05) is 0 Å². The van der Waals surface area contributed by atoms with Gasteiger partial charge in [-0.2, -0.15) is 10.5 Å². The maximum absolute atomic E-state index is 11.2. The number of hydrogen-bond acceptors (Lipinski definition) is 4. The molecule has 1 rings (SSSR count). The molecule has 1 aromatic heterocycles. The third-order valence-electron chi connectivity index (χ3n) is 1.69. The van der Waals surface area contributed by atoms with Crippen molar-refractivity contribution < 1.29 is 0 Å². The minimum atomic E-state index is -0.737. The molecule has 0 saturated carbocycles. The van der Waals surface area contributed by atoms with E-state index in [1.807, 2.05) is 11.1 Å². The summed E-state index contributed by atoms with van der Waals surface area (Å²) < 4.78 is 1.000. The predicted molar refractivity (Wildman–Crippen MR) is 46.4 cm³/mol. The SMILES string of the molecule is CC(C#N)n1cc(C#N)c(=O)[nH]c1=O. The average molecular weight is 190 g/mol. The van der Waals surface area contributed by atoms with E-state index in [0.717, 1.165) is 10.8 Å². The Balaban J connectivity index is 3.51. The molecule has 0 aliphatic heterocycles. The van der Waals surface area contributed by atoms with Crippen molar-refractivity contribution in [2.24, 2.45) is 0 Å². The van der Waals surface area contributed by atoms with Crippen LogP contribution in [0.5, 0.6) is 0 Å². The van der Waals surface area contributed by atoms with Crippen LogP contribution in [0.3, 0.4) is 0 Å². The van der Waals surface area contributed by atoms with Gasteiger partial charge < -0.3 is 0 Å². The lowest BCUT2D eigenvalue weighted by atomic mass is 10.3. The van der Waals surface area contributed by atoms with Gasteiger partial charge in [-0.05, 0) is 6.92 Å². The maximum Gasteiger partial charge on any atom is 0.329 e. The summed E-state index contributed by atoms with van der Waals surface area (Å²) in [6, 6.07) is 2.74. The van der Waals surface area contributed by atoms with E-state index >= 15 is 0 Å². The lowest BCUT2D eigenvalue weighted by molar-refractivity contribution is 0.621. The molecule has 70 valence electrons. The lowest BCUT2D eigenvalue weighted by Gasteiger charge is -2.05. The largest absolute Gasteiger partial charge is 0.329 e. The molecule has 1 atom stereocenters. The fourth-order valence-corrected chi connectivity index (χ4v) is 0.915. The molecular formula is C8H6N4O2. The fraction of sp³-hybridized carbons (Fsp3) is 0.250. The monoisotopic (exact) mass is 190 g/mol. The Morgan fingerprint density at radius 1 is 1.50 bits per heavy atom. The summed E-state index contributed by atoms with van der Waals surface area (Å²) in [6.07, 6.45) is 1.08. The van der Waals surface area contributed by atoms with E-state index in [0.29, 0.717) is 0 Å². The Kier molecular flexibility index (Phi) is 2.49. The lowest BCUT2D eigenvalue weighted by Crippen LogP contribution is -2.32. The van der Waals surface area contributed by atoms with Crippen molar-refractivity contribution in [1.29, 1.82) is 10.5 Å². The van der Waals surface area contributed by atoms with E-state index in [1.54, 1.807) is 6.07 Å². The van der Waals surface area contributed by atoms with Crippen molar-refractivity contribution >= 4 is 0 Å². The van der Waals surface area contributed by atoms with Crippen LogP contribution in [0.25, 0.3) is 0 Å². The Hall–Kier alpha value is -2.34. The summed E-state index contributed by atoms with van der Waals surface area (Å²) in [5, 5.41) is 17.1. The van der Waals surface area contributed by atoms with Crippen LogP contribution < -0.4 is 11.2 Å². The van der Waals surface area contributed by atoms with Gasteiger partial charge in [-0.15, -0.1) is 0 Å². The smallest absolute Gasteiger partial charge is 0.283 e. The number of nitriles is 2. The standard InChI is InChI=1S/C8H6N4O2/c1-5(2-9)12-4-6(3-10)7(13)11-8(12)14/h4-5H,1H3,(H,11,13,14). The van der Waals surface area contributed by atoms with Crippen molar-refractivity contribution in [1.82, 2.24) is 9.55 Å². The molecule has 1 aromatic rings. The summed E-state index contributed by atoms with van der Waals surface area (Å²) in [5.41, 5.74) is -1.62. The number of aromatic amines is 1. The van der Waals surface area contributed by atoms with Crippen LogP contribution in [0, 0.1) is 22.7 Å². The highest BCUT2D eigenvalue weighted by molar-refractivity contribution is 5.22. The van der Waals surface area contributed by atoms with Crippen molar-refractivity contribution in [3.8, 4) is 12.1 Å². The molecule has 6 heteroatoms. The van der Waals surface area contributed by atoms with Crippen LogP contribution in [0.15, 0.2) is 15.8 Å². The molecule has 6 nitrogen and oxygen atoms in total. The van der Waals surface area contributed by atoms with Crippen LogP contribution in [0.1, 0.15) is 18.5 Å². The molecular weight excluding hydrogens is 184 g/mol. The highest BCUT2D eigenvalue weighted by Gasteiger charge is 2.08. The highest BCUT2D eigenvalue weighted by Crippen LogP contribution is 1.98. The number of rotatable bonds is 1. The Morgan fingerprint density at radius 2 is 2.14 bits per heavy atom. The topological polar surface area (TPSA) is 102 Å². The van der Waals surface area contributed by atoms with Gasteiger partial charge in [0.15, 0.2) is 0 Å². The van der Waals surface area contributed by atoms with Crippen LogP contribution in [0.4, 0.5) is 0 Å². The van der Waals surface area contributed by atoms with Gasteiger partial charge in [-0.1, -0.05) is 0 Å². The summed E-state index contributed by atoms with van der Waals surface area (Å²) in [5.74, 6) is 0. The second-order valence-corrected chi connectivity index (χ2v) is 2.63. The minimum absolute atomic E-state index is 0.188. The van der Waals surface area contributed by atoms with Crippen molar-refractivity contribution in [2.45, 2.75) is 13.0 Å². The van der Waals surface area contributed by atoms with Crippen LogP contribution in [0.2, 0.25) is 0 Å². The molecule has 0 aliphatic rings. The second-order valence-electron chi connectivity index (χ2n) is 2.63. The predicted octanol–water partition coefficient (Wildman–Crippen LogP) is -0.507. The summed E-state index contributed by atoms with van der Waals surface area (Å²) in [4.78, 5) is 24.1. The van der Waals surface area contributed by atoms with Gasteiger partial charge in [0, 0.05) is 6.20 Å². The molecule has 0 radical (unpaired) electrons. The molecule has 0 amide bonds. The third kappa shape index (κ3) is 1.54. The Morgan fingerprint density at radius 3 is 2.64 bits per heavy atom. The van der Waals surface area contributed by atoms with Crippen LogP contribution in [-0.2, 0) is 0 Å². The number of aromatic nitrogens is 2. The molecule has 0 aromatic carbocycles. The van der Waals surface area contributed by atoms with Gasteiger partial charge in [0.05, 0.1) is 6.07 Å². The van der Waals surface area contributed by atoms with E-state index < -0.39 is 17.3 Å². The first-order valence-electron chi connectivity index (χ1n) is 3.75. The molecule has 0 fully saturated rings. The maximum atomic E-state index is 11.2.